The number of hydrogen-bond acceptors (Lipinski definition) is 5. The van der Waals surface area contributed by atoms with Crippen LogP contribution < -0.4 is 10.6 Å². The molecular formula is C14H17N3O4S. The summed E-state index contributed by atoms with van der Waals surface area (Å²) in [6, 6.07) is 6.10. The maximum atomic E-state index is 12.0. The fraction of sp³-hybridized carbons (Fsp3) is 0.429. The molecule has 1 aliphatic heterocycles. The van der Waals surface area contributed by atoms with Crippen molar-refractivity contribution in [2.45, 2.75) is 36.0 Å². The van der Waals surface area contributed by atoms with Gasteiger partial charge in [-0.2, -0.15) is 0 Å². The summed E-state index contributed by atoms with van der Waals surface area (Å²) in [5.41, 5.74) is 0.0263. The van der Waals surface area contributed by atoms with Gasteiger partial charge in [0.25, 0.3) is 5.69 Å². The molecule has 2 atom stereocenters. The van der Waals surface area contributed by atoms with Crippen molar-refractivity contribution < 1.29 is 14.5 Å². The lowest BCUT2D eigenvalue weighted by Gasteiger charge is -2.15. The van der Waals surface area contributed by atoms with Gasteiger partial charge in [-0.15, -0.1) is 11.8 Å². The molecule has 0 aromatic heterocycles. The molecule has 2 rings (SSSR count). The fourth-order valence-corrected chi connectivity index (χ4v) is 2.99. The molecular weight excluding hydrogens is 306 g/mol. The van der Waals surface area contributed by atoms with Crippen molar-refractivity contribution in [1.29, 1.82) is 0 Å². The second-order valence-electron chi connectivity index (χ2n) is 5.06. The van der Waals surface area contributed by atoms with Gasteiger partial charge in [-0.1, -0.05) is 0 Å². The van der Waals surface area contributed by atoms with Gasteiger partial charge in [0, 0.05) is 36.0 Å². The van der Waals surface area contributed by atoms with Crippen molar-refractivity contribution in [3.8, 4) is 0 Å². The molecule has 1 saturated heterocycles. The first-order valence-corrected chi connectivity index (χ1v) is 7.82. The Kier molecular flexibility index (Phi) is 5.37. The first-order valence-electron chi connectivity index (χ1n) is 6.94. The highest BCUT2D eigenvalue weighted by molar-refractivity contribution is 8.00. The van der Waals surface area contributed by atoms with Gasteiger partial charge >= 0.3 is 0 Å². The van der Waals surface area contributed by atoms with Gasteiger partial charge in [0.1, 0.15) is 0 Å². The normalized spacial score (nSPS) is 18.6. The molecule has 2 N–H and O–H groups in total. The summed E-state index contributed by atoms with van der Waals surface area (Å²) in [4.78, 5) is 34.0. The maximum Gasteiger partial charge on any atom is 0.269 e. The van der Waals surface area contributed by atoms with Crippen LogP contribution in [0.4, 0.5) is 5.69 Å². The zero-order valence-corrected chi connectivity index (χ0v) is 12.9. The number of amides is 2. The molecule has 0 unspecified atom stereocenters. The number of hydrogen-bond donors (Lipinski definition) is 2. The molecule has 22 heavy (non-hydrogen) atoms. The van der Waals surface area contributed by atoms with E-state index in [4.69, 9.17) is 0 Å². The summed E-state index contributed by atoms with van der Waals surface area (Å²) in [5.74, 6) is -0.0999. The first kappa shape index (κ1) is 16.3. The van der Waals surface area contributed by atoms with E-state index >= 15 is 0 Å². The molecule has 2 amide bonds. The molecule has 1 aliphatic rings. The van der Waals surface area contributed by atoms with Crippen molar-refractivity contribution in [2.75, 3.05) is 6.54 Å². The van der Waals surface area contributed by atoms with E-state index in [0.717, 1.165) is 11.3 Å². The highest BCUT2D eigenvalue weighted by Gasteiger charge is 2.22. The Morgan fingerprint density at radius 3 is 2.73 bits per heavy atom. The number of thioether (sulfide) groups is 1. The van der Waals surface area contributed by atoms with Gasteiger partial charge in [-0.25, -0.2) is 0 Å². The molecule has 1 aromatic rings. The number of non-ortho nitro benzene ring substituents is 1. The number of carbonyl (C=O) groups excluding carboxylic acids is 2. The summed E-state index contributed by atoms with van der Waals surface area (Å²) in [5, 5.41) is 15.9. The SMILES string of the molecule is C[C@@H](Sc1ccc([N+](=O)[O-])cc1)C(=O)NC[C@H]1CCC(=O)N1. The Balaban J connectivity index is 1.80. The lowest BCUT2D eigenvalue weighted by atomic mass is 10.2. The third-order valence-electron chi connectivity index (χ3n) is 3.34. The summed E-state index contributed by atoms with van der Waals surface area (Å²) in [6.45, 7) is 2.20. The van der Waals surface area contributed by atoms with Crippen LogP contribution in [0.1, 0.15) is 19.8 Å². The summed E-state index contributed by atoms with van der Waals surface area (Å²) >= 11 is 1.33. The third kappa shape index (κ3) is 4.45. The van der Waals surface area contributed by atoms with Crippen molar-refractivity contribution in [3.63, 3.8) is 0 Å². The zero-order valence-electron chi connectivity index (χ0n) is 12.1. The Labute approximate surface area is 132 Å². The van der Waals surface area contributed by atoms with E-state index in [2.05, 4.69) is 10.6 Å². The van der Waals surface area contributed by atoms with Crippen molar-refractivity contribution in [2.24, 2.45) is 0 Å². The second-order valence-corrected chi connectivity index (χ2v) is 6.47. The standard InChI is InChI=1S/C14H17N3O4S/c1-9(14(19)15-8-10-2-7-13(18)16-10)22-12-5-3-11(4-6-12)17(20)21/h3-6,9-10H,2,7-8H2,1H3,(H,15,19)(H,16,18)/t9-,10-/m1/s1. The van der Waals surface area contributed by atoms with Crippen molar-refractivity contribution in [3.05, 3.63) is 34.4 Å². The molecule has 1 aromatic carbocycles. The van der Waals surface area contributed by atoms with Crippen LogP contribution in [-0.2, 0) is 9.59 Å². The van der Waals surface area contributed by atoms with Crippen molar-refractivity contribution >= 4 is 29.3 Å². The molecule has 0 saturated carbocycles. The number of nitrogens with one attached hydrogen (secondary N) is 2. The summed E-state index contributed by atoms with van der Waals surface area (Å²) < 4.78 is 0. The highest BCUT2D eigenvalue weighted by Crippen LogP contribution is 2.25. The largest absolute Gasteiger partial charge is 0.353 e. The lowest BCUT2D eigenvalue weighted by Crippen LogP contribution is -2.41. The van der Waals surface area contributed by atoms with Gasteiger partial charge in [-0.05, 0) is 25.5 Å². The van der Waals surface area contributed by atoms with E-state index in [1.807, 2.05) is 0 Å². The first-order chi connectivity index (χ1) is 10.5. The molecule has 0 spiro atoms. The molecule has 8 heteroatoms. The Hall–Kier alpha value is -2.09. The fourth-order valence-electron chi connectivity index (χ4n) is 2.10. The van der Waals surface area contributed by atoms with Crippen LogP contribution in [0.3, 0.4) is 0 Å². The predicted molar refractivity (Wildman–Crippen MR) is 82.6 cm³/mol. The monoisotopic (exact) mass is 323 g/mol. The average Bonchev–Trinajstić information content (AvgIpc) is 2.91. The smallest absolute Gasteiger partial charge is 0.269 e. The Morgan fingerprint density at radius 2 is 2.18 bits per heavy atom. The zero-order chi connectivity index (χ0) is 16.1. The number of nitro groups is 1. The second kappa shape index (κ2) is 7.26. The van der Waals surface area contributed by atoms with Gasteiger partial charge in [-0.3, -0.25) is 19.7 Å². The number of nitrogens with zero attached hydrogens (tertiary/aromatic N) is 1. The van der Waals surface area contributed by atoms with E-state index in [9.17, 15) is 19.7 Å². The van der Waals surface area contributed by atoms with E-state index in [-0.39, 0.29) is 28.8 Å². The Bertz CT molecular complexity index is 576. The van der Waals surface area contributed by atoms with Gasteiger partial charge < -0.3 is 10.6 Å². The minimum atomic E-state index is -0.458. The molecule has 1 fully saturated rings. The number of rotatable bonds is 6. The molecule has 118 valence electrons. The number of nitro benzene ring substituents is 1. The molecule has 0 bridgehead atoms. The van der Waals surface area contributed by atoms with Gasteiger partial charge in [0.05, 0.1) is 10.2 Å². The molecule has 0 radical (unpaired) electrons. The Morgan fingerprint density at radius 1 is 1.50 bits per heavy atom. The summed E-state index contributed by atoms with van der Waals surface area (Å²) in [6.07, 6.45) is 1.25. The van der Waals surface area contributed by atoms with Crippen LogP contribution in [0.15, 0.2) is 29.2 Å². The number of carbonyl (C=O) groups is 2. The van der Waals surface area contributed by atoms with Crippen LogP contribution >= 0.6 is 11.8 Å². The minimum Gasteiger partial charge on any atom is -0.353 e. The van der Waals surface area contributed by atoms with Crippen LogP contribution in [0, 0.1) is 10.1 Å². The highest BCUT2D eigenvalue weighted by atomic mass is 32.2. The van der Waals surface area contributed by atoms with Crippen LogP contribution in [-0.4, -0.2) is 34.6 Å². The van der Waals surface area contributed by atoms with Crippen LogP contribution in [0.5, 0.6) is 0 Å². The predicted octanol–water partition coefficient (Wildman–Crippen LogP) is 1.47. The molecule has 1 heterocycles. The average molecular weight is 323 g/mol. The maximum absolute atomic E-state index is 12.0. The van der Waals surface area contributed by atoms with Crippen LogP contribution in [0.25, 0.3) is 0 Å². The van der Waals surface area contributed by atoms with E-state index < -0.39 is 4.92 Å². The van der Waals surface area contributed by atoms with Gasteiger partial charge in [0.15, 0.2) is 0 Å². The molecule has 0 aliphatic carbocycles. The van der Waals surface area contributed by atoms with Crippen molar-refractivity contribution in [1.82, 2.24) is 10.6 Å². The lowest BCUT2D eigenvalue weighted by molar-refractivity contribution is -0.384. The minimum absolute atomic E-state index is 0.00743. The van der Waals surface area contributed by atoms with E-state index in [1.165, 1.54) is 23.9 Å². The molecule has 7 nitrogen and oxygen atoms in total. The number of benzene rings is 1. The summed E-state index contributed by atoms with van der Waals surface area (Å²) in [7, 11) is 0. The van der Waals surface area contributed by atoms with Gasteiger partial charge in [0.2, 0.25) is 11.8 Å². The topological polar surface area (TPSA) is 101 Å². The van der Waals surface area contributed by atoms with E-state index in [1.54, 1.807) is 19.1 Å². The quantitative estimate of drug-likeness (QED) is 0.469. The third-order valence-corrected chi connectivity index (χ3v) is 4.45. The van der Waals surface area contributed by atoms with E-state index in [0.29, 0.717) is 13.0 Å². The van der Waals surface area contributed by atoms with Crippen LogP contribution in [0.2, 0.25) is 0 Å².